The van der Waals surface area contributed by atoms with Crippen molar-refractivity contribution >= 4 is 0 Å². The SMILES string of the molecule is CC12CCC1CN(Cc1ccccc1)CC2. The number of benzene rings is 1. The molecular weight excluding hydrogens is 194 g/mol. The van der Waals surface area contributed by atoms with Crippen molar-refractivity contribution in [2.75, 3.05) is 13.1 Å². The van der Waals surface area contributed by atoms with Crippen LogP contribution in [0.2, 0.25) is 0 Å². The van der Waals surface area contributed by atoms with E-state index in [1.807, 2.05) is 0 Å². The van der Waals surface area contributed by atoms with Crippen molar-refractivity contribution < 1.29 is 0 Å². The highest BCUT2D eigenvalue weighted by atomic mass is 15.1. The Balaban J connectivity index is 1.62. The fourth-order valence-electron chi connectivity index (χ4n) is 3.28. The third-order valence-corrected chi connectivity index (χ3v) is 4.78. The predicted molar refractivity (Wildman–Crippen MR) is 67.2 cm³/mol. The van der Waals surface area contributed by atoms with Gasteiger partial charge < -0.3 is 0 Å². The molecule has 1 saturated carbocycles. The Morgan fingerprint density at radius 1 is 1.25 bits per heavy atom. The van der Waals surface area contributed by atoms with E-state index in [-0.39, 0.29) is 0 Å². The summed E-state index contributed by atoms with van der Waals surface area (Å²) in [6.07, 6.45) is 4.34. The second-order valence-electron chi connectivity index (χ2n) is 5.86. The van der Waals surface area contributed by atoms with Gasteiger partial charge in [-0.05, 0) is 42.7 Å². The van der Waals surface area contributed by atoms with Gasteiger partial charge >= 0.3 is 0 Å². The number of likely N-dealkylation sites (tertiary alicyclic amines) is 1. The van der Waals surface area contributed by atoms with Crippen molar-refractivity contribution in [1.29, 1.82) is 0 Å². The lowest BCUT2D eigenvalue weighted by atomic mass is 9.58. The summed E-state index contributed by atoms with van der Waals surface area (Å²) in [5.74, 6) is 0.977. The van der Waals surface area contributed by atoms with Crippen LogP contribution in [0.3, 0.4) is 0 Å². The van der Waals surface area contributed by atoms with E-state index in [1.54, 1.807) is 0 Å². The van der Waals surface area contributed by atoms with Crippen molar-refractivity contribution in [3.05, 3.63) is 35.9 Å². The molecule has 1 aromatic carbocycles. The van der Waals surface area contributed by atoms with Crippen LogP contribution in [0.15, 0.2) is 30.3 Å². The molecule has 2 atom stereocenters. The zero-order valence-electron chi connectivity index (χ0n) is 10.2. The van der Waals surface area contributed by atoms with Gasteiger partial charge in [0.05, 0.1) is 0 Å². The van der Waals surface area contributed by atoms with Crippen LogP contribution in [0.25, 0.3) is 0 Å². The Hall–Kier alpha value is -0.820. The molecule has 1 heteroatoms. The second kappa shape index (κ2) is 3.89. The molecule has 2 unspecified atom stereocenters. The van der Waals surface area contributed by atoms with Crippen LogP contribution < -0.4 is 0 Å². The van der Waals surface area contributed by atoms with Gasteiger partial charge in [-0.1, -0.05) is 37.3 Å². The van der Waals surface area contributed by atoms with E-state index in [2.05, 4.69) is 42.2 Å². The van der Waals surface area contributed by atoms with E-state index >= 15 is 0 Å². The molecule has 86 valence electrons. The molecule has 0 radical (unpaired) electrons. The average molecular weight is 215 g/mol. The molecular formula is C15H21N. The van der Waals surface area contributed by atoms with Gasteiger partial charge in [0.2, 0.25) is 0 Å². The van der Waals surface area contributed by atoms with Crippen molar-refractivity contribution in [3.63, 3.8) is 0 Å². The van der Waals surface area contributed by atoms with Crippen molar-refractivity contribution in [2.45, 2.75) is 32.7 Å². The van der Waals surface area contributed by atoms with E-state index in [4.69, 9.17) is 0 Å². The van der Waals surface area contributed by atoms with Gasteiger partial charge in [0, 0.05) is 13.1 Å². The first-order valence-electron chi connectivity index (χ1n) is 6.53. The van der Waals surface area contributed by atoms with Gasteiger partial charge in [0.1, 0.15) is 0 Å². The fraction of sp³-hybridized carbons (Fsp3) is 0.600. The van der Waals surface area contributed by atoms with Gasteiger partial charge in [-0.3, -0.25) is 4.90 Å². The highest BCUT2D eigenvalue weighted by Gasteiger charge is 2.45. The molecule has 1 aromatic rings. The third kappa shape index (κ3) is 1.78. The summed E-state index contributed by atoms with van der Waals surface area (Å²) in [5, 5.41) is 0. The summed E-state index contributed by atoms with van der Waals surface area (Å²) in [4.78, 5) is 2.64. The topological polar surface area (TPSA) is 3.24 Å². The van der Waals surface area contributed by atoms with Gasteiger partial charge in [-0.15, -0.1) is 0 Å². The quantitative estimate of drug-likeness (QED) is 0.731. The Morgan fingerprint density at radius 3 is 2.69 bits per heavy atom. The van der Waals surface area contributed by atoms with E-state index < -0.39 is 0 Å². The minimum atomic E-state index is 0.702. The monoisotopic (exact) mass is 215 g/mol. The first kappa shape index (κ1) is 10.3. The first-order valence-corrected chi connectivity index (χ1v) is 6.53. The lowest BCUT2D eigenvalue weighted by Crippen LogP contribution is -2.51. The van der Waals surface area contributed by atoms with E-state index in [0.29, 0.717) is 5.41 Å². The Labute approximate surface area is 98.5 Å². The number of hydrogen-bond donors (Lipinski definition) is 0. The average Bonchev–Trinajstić information content (AvgIpc) is 2.30. The minimum Gasteiger partial charge on any atom is -0.299 e. The van der Waals surface area contributed by atoms with Gasteiger partial charge in [-0.25, -0.2) is 0 Å². The van der Waals surface area contributed by atoms with Gasteiger partial charge in [0.25, 0.3) is 0 Å². The zero-order valence-corrected chi connectivity index (χ0v) is 10.2. The number of rotatable bonds is 2. The van der Waals surface area contributed by atoms with E-state index in [0.717, 1.165) is 12.5 Å². The molecule has 0 bridgehead atoms. The summed E-state index contributed by atoms with van der Waals surface area (Å²) in [6.45, 7) is 6.25. The van der Waals surface area contributed by atoms with Crippen molar-refractivity contribution in [1.82, 2.24) is 4.90 Å². The van der Waals surface area contributed by atoms with Crippen LogP contribution in [0.1, 0.15) is 31.7 Å². The molecule has 1 heterocycles. The van der Waals surface area contributed by atoms with Crippen LogP contribution in [0.5, 0.6) is 0 Å². The summed E-state index contributed by atoms with van der Waals surface area (Å²) in [7, 11) is 0. The maximum Gasteiger partial charge on any atom is 0.0233 e. The van der Waals surface area contributed by atoms with Crippen LogP contribution >= 0.6 is 0 Å². The molecule has 3 rings (SSSR count). The fourth-order valence-corrected chi connectivity index (χ4v) is 3.28. The highest BCUT2D eigenvalue weighted by molar-refractivity contribution is 5.14. The maximum atomic E-state index is 2.64. The van der Waals surface area contributed by atoms with Crippen LogP contribution in [0.4, 0.5) is 0 Å². The van der Waals surface area contributed by atoms with Gasteiger partial charge in [0.15, 0.2) is 0 Å². The van der Waals surface area contributed by atoms with Crippen molar-refractivity contribution in [2.24, 2.45) is 11.3 Å². The molecule has 1 aliphatic carbocycles. The standard InChI is InChI=1S/C15H21N/c1-15-8-7-14(15)12-16(10-9-15)11-13-5-3-2-4-6-13/h2-6,14H,7-12H2,1H3. The number of nitrogens with zero attached hydrogens (tertiary/aromatic N) is 1. The zero-order chi connectivity index (χ0) is 11.0. The Kier molecular flexibility index (Phi) is 2.51. The second-order valence-corrected chi connectivity index (χ2v) is 5.86. The molecule has 0 spiro atoms. The number of hydrogen-bond acceptors (Lipinski definition) is 1. The van der Waals surface area contributed by atoms with E-state index in [1.165, 1.54) is 37.9 Å². The lowest BCUT2D eigenvalue weighted by molar-refractivity contribution is -0.0384. The van der Waals surface area contributed by atoms with Crippen molar-refractivity contribution in [3.8, 4) is 0 Å². The summed E-state index contributed by atoms with van der Waals surface area (Å²) in [6, 6.07) is 10.9. The summed E-state index contributed by atoms with van der Waals surface area (Å²) >= 11 is 0. The Morgan fingerprint density at radius 2 is 2.06 bits per heavy atom. The maximum absolute atomic E-state index is 2.64. The lowest BCUT2D eigenvalue weighted by Gasteiger charge is -2.53. The molecule has 2 aliphatic rings. The number of fused-ring (bicyclic) bond motifs is 1. The molecule has 2 fully saturated rings. The Bertz CT molecular complexity index is 359. The van der Waals surface area contributed by atoms with Crippen LogP contribution in [0, 0.1) is 11.3 Å². The molecule has 0 aromatic heterocycles. The smallest absolute Gasteiger partial charge is 0.0233 e. The predicted octanol–water partition coefficient (Wildman–Crippen LogP) is 3.31. The van der Waals surface area contributed by atoms with Crippen LogP contribution in [-0.4, -0.2) is 18.0 Å². The molecule has 1 aliphatic heterocycles. The summed E-state index contributed by atoms with van der Waals surface area (Å²) < 4.78 is 0. The molecule has 1 nitrogen and oxygen atoms in total. The van der Waals surface area contributed by atoms with Crippen LogP contribution in [-0.2, 0) is 6.54 Å². The third-order valence-electron chi connectivity index (χ3n) is 4.78. The first-order chi connectivity index (χ1) is 7.76. The molecule has 16 heavy (non-hydrogen) atoms. The van der Waals surface area contributed by atoms with Gasteiger partial charge in [-0.2, -0.15) is 0 Å². The highest BCUT2D eigenvalue weighted by Crippen LogP contribution is 2.51. The molecule has 1 saturated heterocycles. The largest absolute Gasteiger partial charge is 0.299 e. The molecule has 0 N–H and O–H groups in total. The van der Waals surface area contributed by atoms with E-state index in [9.17, 15) is 0 Å². The number of piperidine rings is 1. The summed E-state index contributed by atoms with van der Waals surface area (Å²) in [5.41, 5.74) is 2.16. The molecule has 0 amide bonds. The minimum absolute atomic E-state index is 0.702. The normalized spacial score (nSPS) is 34.2.